The molecule has 3 aliphatic heterocycles. The van der Waals surface area contributed by atoms with Crippen LogP contribution in [0.1, 0.15) is 38.5 Å². The third kappa shape index (κ3) is 2.90. The predicted molar refractivity (Wildman–Crippen MR) is 160 cm³/mol. The number of nitrogens with one attached hydrogen (secondary N) is 2. The molecule has 5 heterocycles. The molecule has 2 aliphatic carbocycles. The number of aromatic nitrogens is 2. The number of nitrogens with two attached hydrogens (primary N) is 1. The molecule has 5 aliphatic rings. The van der Waals surface area contributed by atoms with E-state index in [1.54, 1.807) is 17.1 Å². The van der Waals surface area contributed by atoms with Crippen molar-refractivity contribution < 1.29 is 14.4 Å². The van der Waals surface area contributed by atoms with Crippen LogP contribution in [0.2, 0.25) is 0 Å². The van der Waals surface area contributed by atoms with Crippen LogP contribution in [0.15, 0.2) is 72.7 Å². The summed E-state index contributed by atoms with van der Waals surface area (Å²) < 4.78 is 0. The zero-order chi connectivity index (χ0) is 28.5. The summed E-state index contributed by atoms with van der Waals surface area (Å²) in [4.78, 5) is 52.4. The van der Waals surface area contributed by atoms with E-state index in [0.717, 1.165) is 63.8 Å². The van der Waals surface area contributed by atoms with Gasteiger partial charge in [0.15, 0.2) is 5.78 Å². The number of allylic oxidation sites excluding steroid dienone is 4. The fraction of sp³-hybridized carbons (Fsp3) is 0.242. The standard InChI is InChI=1S/C33H28N6O3/c1-17(34)37-11-9-19-21-13-25(35-23(21)5-7-27(19)37)31(41)38-12-10-20-22-14-26(36-24(22)6-8-28(20)38)32(42)39-16-18-15-33(18)29(39)3-2-4-30(33)40/h2-8,13-14,18,35-36H,1,9-12,15-16,34H2. The van der Waals surface area contributed by atoms with E-state index in [1.165, 1.54) is 5.56 Å². The number of hydrogen-bond donors (Lipinski definition) is 3. The van der Waals surface area contributed by atoms with Crippen molar-refractivity contribution in [1.29, 1.82) is 0 Å². The maximum absolute atomic E-state index is 13.8. The Labute approximate surface area is 240 Å². The summed E-state index contributed by atoms with van der Waals surface area (Å²) in [5.74, 6) is 0.653. The Kier molecular flexibility index (Phi) is 4.40. The summed E-state index contributed by atoms with van der Waals surface area (Å²) in [6, 6.07) is 11.8. The minimum Gasteiger partial charge on any atom is -0.386 e. The Bertz CT molecular complexity index is 2030. The van der Waals surface area contributed by atoms with Gasteiger partial charge in [0.05, 0.1) is 11.2 Å². The fourth-order valence-corrected chi connectivity index (χ4v) is 7.91. The van der Waals surface area contributed by atoms with Gasteiger partial charge in [0.2, 0.25) is 0 Å². The molecule has 42 heavy (non-hydrogen) atoms. The average molecular weight is 557 g/mol. The number of piperidine rings is 1. The smallest absolute Gasteiger partial charge is 0.274 e. The summed E-state index contributed by atoms with van der Waals surface area (Å²) in [5.41, 5.74) is 13.3. The van der Waals surface area contributed by atoms with E-state index in [4.69, 9.17) is 5.73 Å². The number of carbonyl (C=O) groups excluding carboxylic acids is 3. The van der Waals surface area contributed by atoms with E-state index in [9.17, 15) is 14.4 Å². The molecular weight excluding hydrogens is 528 g/mol. The monoisotopic (exact) mass is 556 g/mol. The molecule has 2 fully saturated rings. The number of benzene rings is 2. The molecule has 9 nitrogen and oxygen atoms in total. The second-order valence-corrected chi connectivity index (χ2v) is 12.1. The highest BCUT2D eigenvalue weighted by Crippen LogP contribution is 2.65. The molecule has 2 atom stereocenters. The second-order valence-electron chi connectivity index (χ2n) is 12.1. The highest BCUT2D eigenvalue weighted by atomic mass is 16.2. The molecule has 0 bridgehead atoms. The Balaban J connectivity index is 1.03. The number of carbonyl (C=O) groups is 3. The van der Waals surface area contributed by atoms with Crippen LogP contribution in [0.5, 0.6) is 0 Å². The second kappa shape index (κ2) is 7.82. The average Bonchev–Trinajstić information content (AvgIpc) is 3.60. The van der Waals surface area contributed by atoms with E-state index in [2.05, 4.69) is 16.5 Å². The molecule has 4 N–H and O–H groups in total. The number of likely N-dealkylation sites (tertiary alicyclic amines) is 1. The number of anilines is 2. The van der Waals surface area contributed by atoms with Crippen molar-refractivity contribution in [2.75, 3.05) is 29.4 Å². The fourth-order valence-electron chi connectivity index (χ4n) is 7.91. The normalized spacial score (nSPS) is 23.3. The van der Waals surface area contributed by atoms with Crippen LogP contribution < -0.4 is 15.5 Å². The van der Waals surface area contributed by atoms with Crippen LogP contribution in [0.25, 0.3) is 21.8 Å². The molecule has 2 amide bonds. The van der Waals surface area contributed by atoms with Crippen molar-refractivity contribution in [3.8, 4) is 0 Å². The SMILES string of the molecule is C=C(N)N1CCc2c1ccc1[nH]c(C(=O)N3CCc4c3ccc3[nH]c(C(=O)N5CC6CC67C(=O)C=CC=C57)cc43)cc21. The number of rotatable bonds is 3. The van der Waals surface area contributed by atoms with Crippen molar-refractivity contribution in [3.63, 3.8) is 0 Å². The van der Waals surface area contributed by atoms with Crippen molar-refractivity contribution in [1.82, 2.24) is 14.9 Å². The van der Waals surface area contributed by atoms with E-state index >= 15 is 0 Å². The number of H-pyrrole nitrogens is 2. The minimum absolute atomic E-state index is 0.0773. The maximum atomic E-state index is 13.8. The first-order chi connectivity index (χ1) is 20.3. The lowest BCUT2D eigenvalue weighted by Gasteiger charge is -2.24. The molecule has 1 saturated carbocycles. The molecule has 9 rings (SSSR count). The Morgan fingerprint density at radius 2 is 1.48 bits per heavy atom. The van der Waals surface area contributed by atoms with E-state index in [-0.39, 0.29) is 23.5 Å². The molecule has 1 saturated heterocycles. The molecule has 1 spiro atoms. The largest absolute Gasteiger partial charge is 0.386 e. The number of aromatic amines is 2. The van der Waals surface area contributed by atoms with Crippen molar-refractivity contribution >= 4 is 50.8 Å². The van der Waals surface area contributed by atoms with Gasteiger partial charge in [-0.3, -0.25) is 14.4 Å². The lowest BCUT2D eigenvalue weighted by molar-refractivity contribution is -0.118. The molecule has 208 valence electrons. The number of ketones is 1. The van der Waals surface area contributed by atoms with Crippen LogP contribution >= 0.6 is 0 Å². The summed E-state index contributed by atoms with van der Waals surface area (Å²) in [6.45, 7) is 5.81. The van der Waals surface area contributed by atoms with Crippen LogP contribution in [0.3, 0.4) is 0 Å². The highest BCUT2D eigenvalue weighted by molar-refractivity contribution is 6.11. The van der Waals surface area contributed by atoms with Gasteiger partial charge < -0.3 is 30.4 Å². The van der Waals surface area contributed by atoms with Gasteiger partial charge in [0.25, 0.3) is 11.8 Å². The van der Waals surface area contributed by atoms with E-state index in [1.807, 2.05) is 52.3 Å². The first-order valence-electron chi connectivity index (χ1n) is 14.4. The van der Waals surface area contributed by atoms with Gasteiger partial charge in [-0.25, -0.2) is 0 Å². The lowest BCUT2D eigenvalue weighted by atomic mass is 9.91. The van der Waals surface area contributed by atoms with Crippen molar-refractivity contribution in [2.24, 2.45) is 17.1 Å². The first kappa shape index (κ1) is 23.6. The molecule has 0 radical (unpaired) electrons. The number of nitrogens with zero attached hydrogens (tertiary/aromatic N) is 3. The molecule has 4 aromatic rings. The Morgan fingerprint density at radius 1 is 0.881 bits per heavy atom. The molecule has 2 aromatic heterocycles. The predicted octanol–water partition coefficient (Wildman–Crippen LogP) is 4.13. The zero-order valence-electron chi connectivity index (χ0n) is 22.9. The maximum Gasteiger partial charge on any atom is 0.274 e. The number of fused-ring (bicyclic) bond motifs is 6. The third-order valence-corrected chi connectivity index (χ3v) is 10.0. The quantitative estimate of drug-likeness (QED) is 0.351. The molecular formula is C33H28N6O3. The Morgan fingerprint density at radius 3 is 2.12 bits per heavy atom. The van der Waals surface area contributed by atoms with Crippen LogP contribution in [-0.2, 0) is 17.6 Å². The summed E-state index contributed by atoms with van der Waals surface area (Å²) in [6.07, 6.45) is 7.67. The van der Waals surface area contributed by atoms with Crippen LogP contribution in [0.4, 0.5) is 11.4 Å². The first-order valence-corrected chi connectivity index (χ1v) is 14.4. The number of hydrogen-bond acceptors (Lipinski definition) is 5. The minimum atomic E-state index is -0.486. The molecule has 2 aromatic carbocycles. The Hall–Kier alpha value is -5.05. The highest BCUT2D eigenvalue weighted by Gasteiger charge is 2.68. The van der Waals surface area contributed by atoms with Gasteiger partial charge in [-0.1, -0.05) is 12.7 Å². The number of amides is 2. The third-order valence-electron chi connectivity index (χ3n) is 10.0. The van der Waals surface area contributed by atoms with Crippen molar-refractivity contribution in [3.05, 3.63) is 95.2 Å². The topological polar surface area (TPSA) is 119 Å². The van der Waals surface area contributed by atoms with Gasteiger partial charge in [-0.15, -0.1) is 0 Å². The van der Waals surface area contributed by atoms with Gasteiger partial charge in [-0.2, -0.15) is 0 Å². The van der Waals surface area contributed by atoms with E-state index in [0.29, 0.717) is 36.7 Å². The van der Waals surface area contributed by atoms with Gasteiger partial charge in [-0.05, 0) is 84.9 Å². The summed E-state index contributed by atoms with van der Waals surface area (Å²) in [7, 11) is 0. The van der Waals surface area contributed by atoms with Gasteiger partial charge in [0, 0.05) is 58.5 Å². The van der Waals surface area contributed by atoms with E-state index < -0.39 is 5.41 Å². The van der Waals surface area contributed by atoms with Crippen LogP contribution in [0, 0.1) is 11.3 Å². The van der Waals surface area contributed by atoms with Gasteiger partial charge in [0.1, 0.15) is 11.4 Å². The lowest BCUT2D eigenvalue weighted by Crippen LogP contribution is -2.32. The van der Waals surface area contributed by atoms with Gasteiger partial charge >= 0.3 is 0 Å². The van der Waals surface area contributed by atoms with Crippen molar-refractivity contribution in [2.45, 2.75) is 19.3 Å². The summed E-state index contributed by atoms with van der Waals surface area (Å²) >= 11 is 0. The molecule has 2 unspecified atom stereocenters. The van der Waals surface area contributed by atoms with Crippen LogP contribution in [-0.4, -0.2) is 52.1 Å². The summed E-state index contributed by atoms with van der Waals surface area (Å²) in [5, 5.41) is 1.99. The molecule has 9 heteroatoms. The zero-order valence-corrected chi connectivity index (χ0v) is 22.9.